The van der Waals surface area contributed by atoms with Crippen LogP contribution in [0.3, 0.4) is 0 Å². The van der Waals surface area contributed by atoms with Crippen LogP contribution in [-0.4, -0.2) is 35.7 Å². The second kappa shape index (κ2) is 3.35. The van der Waals surface area contributed by atoms with Crippen LogP contribution in [0.2, 0.25) is 0 Å². The first-order chi connectivity index (χ1) is 4.75. The lowest BCUT2D eigenvalue weighted by atomic mass is 9.91. The van der Waals surface area contributed by atoms with Crippen LogP contribution in [-0.2, 0) is 0 Å². The summed E-state index contributed by atoms with van der Waals surface area (Å²) in [5.41, 5.74) is 0. The lowest BCUT2D eigenvalue weighted by Crippen LogP contribution is -2.44. The van der Waals surface area contributed by atoms with Gasteiger partial charge in [0.15, 0.2) is 0 Å². The largest absolute Gasteiger partial charge is 0.395 e. The van der Waals surface area contributed by atoms with E-state index in [2.05, 4.69) is 18.9 Å². The summed E-state index contributed by atoms with van der Waals surface area (Å²) in [5, 5.41) is 8.83. The highest BCUT2D eigenvalue weighted by Gasteiger charge is 2.24. The molecule has 1 aliphatic carbocycles. The third-order valence-corrected chi connectivity index (χ3v) is 2.61. The molecule has 1 fully saturated rings. The maximum Gasteiger partial charge on any atom is 0.0584 e. The Morgan fingerprint density at radius 2 is 2.20 bits per heavy atom. The third-order valence-electron chi connectivity index (χ3n) is 2.61. The van der Waals surface area contributed by atoms with Gasteiger partial charge in [0.2, 0.25) is 0 Å². The first-order valence-corrected chi connectivity index (χ1v) is 4.08. The summed E-state index contributed by atoms with van der Waals surface area (Å²) in [6, 6.07) is 1.09. The summed E-state index contributed by atoms with van der Waals surface area (Å²) in [6.45, 7) is 2.35. The Kier molecular flexibility index (Phi) is 2.69. The van der Waals surface area contributed by atoms with E-state index in [-0.39, 0.29) is 6.61 Å². The molecule has 0 unspecified atom stereocenters. The van der Waals surface area contributed by atoms with Crippen molar-refractivity contribution in [2.24, 2.45) is 0 Å². The second-order valence-corrected chi connectivity index (χ2v) is 3.28. The number of rotatable bonds is 3. The van der Waals surface area contributed by atoms with Crippen molar-refractivity contribution < 1.29 is 5.11 Å². The molecule has 0 aromatic rings. The highest BCUT2D eigenvalue weighted by atomic mass is 16.3. The van der Waals surface area contributed by atoms with Gasteiger partial charge in [-0.3, -0.25) is 4.90 Å². The first kappa shape index (κ1) is 8.02. The molecule has 0 heterocycles. The predicted molar refractivity (Wildman–Crippen MR) is 41.9 cm³/mol. The fourth-order valence-corrected chi connectivity index (χ4v) is 1.28. The Labute approximate surface area is 62.8 Å². The number of aliphatic hydroxyl groups is 1. The smallest absolute Gasteiger partial charge is 0.0584 e. The van der Waals surface area contributed by atoms with Crippen molar-refractivity contribution in [2.75, 3.05) is 13.7 Å². The van der Waals surface area contributed by atoms with Gasteiger partial charge < -0.3 is 5.11 Å². The number of nitrogens with zero attached hydrogens (tertiary/aromatic N) is 1. The van der Waals surface area contributed by atoms with Crippen molar-refractivity contribution >= 4 is 0 Å². The van der Waals surface area contributed by atoms with Gasteiger partial charge in [-0.1, -0.05) is 6.42 Å². The first-order valence-electron chi connectivity index (χ1n) is 4.08. The van der Waals surface area contributed by atoms with Gasteiger partial charge in [-0.25, -0.2) is 0 Å². The van der Waals surface area contributed by atoms with Crippen LogP contribution >= 0.6 is 0 Å². The predicted octanol–water partition coefficient (Wildman–Crippen LogP) is 0.851. The van der Waals surface area contributed by atoms with Gasteiger partial charge in [0, 0.05) is 12.1 Å². The van der Waals surface area contributed by atoms with Crippen LogP contribution in [0.5, 0.6) is 0 Å². The van der Waals surface area contributed by atoms with Crippen LogP contribution < -0.4 is 0 Å². The van der Waals surface area contributed by atoms with E-state index in [1.165, 1.54) is 19.3 Å². The van der Waals surface area contributed by atoms with Crippen molar-refractivity contribution in [1.29, 1.82) is 0 Å². The molecule has 0 aromatic heterocycles. The summed E-state index contributed by atoms with van der Waals surface area (Å²) < 4.78 is 0. The number of hydrogen-bond acceptors (Lipinski definition) is 2. The van der Waals surface area contributed by atoms with E-state index in [1.807, 2.05) is 0 Å². The number of hydrogen-bond donors (Lipinski definition) is 1. The molecule has 1 N–H and O–H groups in total. The molecule has 60 valence electrons. The Hall–Kier alpha value is -0.0800. The molecule has 1 rings (SSSR count). The molecule has 1 atom stereocenters. The lowest BCUT2D eigenvalue weighted by molar-refractivity contribution is 0.0802. The van der Waals surface area contributed by atoms with E-state index in [0.29, 0.717) is 6.04 Å². The van der Waals surface area contributed by atoms with E-state index >= 15 is 0 Å². The van der Waals surface area contributed by atoms with Crippen molar-refractivity contribution in [2.45, 2.75) is 38.3 Å². The van der Waals surface area contributed by atoms with E-state index in [0.717, 1.165) is 6.04 Å². The Morgan fingerprint density at radius 1 is 1.60 bits per heavy atom. The SMILES string of the molecule is C[C@H](CO)N(C)C1CCC1. The molecule has 0 radical (unpaired) electrons. The van der Waals surface area contributed by atoms with Crippen LogP contribution in [0.4, 0.5) is 0 Å². The molecule has 10 heavy (non-hydrogen) atoms. The summed E-state index contributed by atoms with van der Waals surface area (Å²) in [4.78, 5) is 2.28. The van der Waals surface area contributed by atoms with Crippen LogP contribution in [0.15, 0.2) is 0 Å². The summed E-state index contributed by atoms with van der Waals surface area (Å²) in [5.74, 6) is 0. The van der Waals surface area contributed by atoms with Crippen molar-refractivity contribution in [3.05, 3.63) is 0 Å². The zero-order valence-electron chi connectivity index (χ0n) is 6.88. The molecule has 0 bridgehead atoms. The molecule has 0 saturated heterocycles. The fourth-order valence-electron chi connectivity index (χ4n) is 1.28. The van der Waals surface area contributed by atoms with Gasteiger partial charge in [-0.2, -0.15) is 0 Å². The van der Waals surface area contributed by atoms with E-state index < -0.39 is 0 Å². The van der Waals surface area contributed by atoms with Crippen LogP contribution in [0.1, 0.15) is 26.2 Å². The normalized spacial score (nSPS) is 22.8. The fraction of sp³-hybridized carbons (Fsp3) is 1.00. The highest BCUT2D eigenvalue weighted by molar-refractivity contribution is 4.80. The number of aliphatic hydroxyl groups excluding tert-OH is 1. The summed E-state index contributed by atoms with van der Waals surface area (Å²) in [6.07, 6.45) is 4.01. The molecule has 2 nitrogen and oxygen atoms in total. The molecular formula is C8H17NO. The molecule has 0 amide bonds. The molecule has 0 aromatic carbocycles. The minimum atomic E-state index is 0.285. The summed E-state index contributed by atoms with van der Waals surface area (Å²) in [7, 11) is 2.10. The zero-order valence-corrected chi connectivity index (χ0v) is 6.88. The maximum absolute atomic E-state index is 8.83. The van der Waals surface area contributed by atoms with Gasteiger partial charge in [-0.15, -0.1) is 0 Å². The Bertz CT molecular complexity index is 96.7. The minimum absolute atomic E-state index is 0.285. The standard InChI is InChI=1S/C8H17NO/c1-7(6-10)9(2)8-4-3-5-8/h7-8,10H,3-6H2,1-2H3/t7-/m1/s1. The second-order valence-electron chi connectivity index (χ2n) is 3.28. The molecule has 2 heteroatoms. The van der Waals surface area contributed by atoms with Crippen LogP contribution in [0.25, 0.3) is 0 Å². The Morgan fingerprint density at radius 3 is 2.50 bits per heavy atom. The summed E-state index contributed by atoms with van der Waals surface area (Å²) >= 11 is 0. The van der Waals surface area contributed by atoms with Crippen molar-refractivity contribution in [1.82, 2.24) is 4.90 Å². The zero-order chi connectivity index (χ0) is 7.56. The van der Waals surface area contributed by atoms with Gasteiger partial charge in [-0.05, 0) is 26.8 Å². The lowest BCUT2D eigenvalue weighted by Gasteiger charge is -2.37. The highest BCUT2D eigenvalue weighted by Crippen LogP contribution is 2.24. The molecular weight excluding hydrogens is 126 g/mol. The molecule has 0 spiro atoms. The number of likely N-dealkylation sites (N-methyl/N-ethyl adjacent to an activating group) is 1. The minimum Gasteiger partial charge on any atom is -0.395 e. The molecule has 1 aliphatic rings. The quantitative estimate of drug-likeness (QED) is 0.633. The third kappa shape index (κ3) is 1.50. The average molecular weight is 143 g/mol. The van der Waals surface area contributed by atoms with E-state index in [9.17, 15) is 0 Å². The Balaban J connectivity index is 2.24. The van der Waals surface area contributed by atoms with Crippen LogP contribution in [0, 0.1) is 0 Å². The average Bonchev–Trinajstić information content (AvgIpc) is 1.82. The van der Waals surface area contributed by atoms with Crippen molar-refractivity contribution in [3.8, 4) is 0 Å². The van der Waals surface area contributed by atoms with Crippen molar-refractivity contribution in [3.63, 3.8) is 0 Å². The van der Waals surface area contributed by atoms with E-state index in [1.54, 1.807) is 0 Å². The van der Waals surface area contributed by atoms with Gasteiger partial charge in [0.25, 0.3) is 0 Å². The monoisotopic (exact) mass is 143 g/mol. The van der Waals surface area contributed by atoms with Gasteiger partial charge in [0.05, 0.1) is 6.61 Å². The molecule has 1 saturated carbocycles. The maximum atomic E-state index is 8.83. The molecule has 0 aliphatic heterocycles. The van der Waals surface area contributed by atoms with E-state index in [4.69, 9.17) is 5.11 Å². The van der Waals surface area contributed by atoms with Gasteiger partial charge in [0.1, 0.15) is 0 Å². The van der Waals surface area contributed by atoms with Gasteiger partial charge >= 0.3 is 0 Å². The topological polar surface area (TPSA) is 23.5 Å².